The highest BCUT2D eigenvalue weighted by atomic mass is 32.1. The number of amides is 2. The summed E-state index contributed by atoms with van der Waals surface area (Å²) in [6.45, 7) is 1.47. The predicted octanol–water partition coefficient (Wildman–Crippen LogP) is 3.73. The van der Waals surface area contributed by atoms with Crippen molar-refractivity contribution in [2.45, 2.75) is 6.54 Å². The van der Waals surface area contributed by atoms with E-state index in [0.29, 0.717) is 25.6 Å². The molecular formula is C19H18N6OS2. The molecule has 0 unspecified atom stereocenters. The number of nitrogens with one attached hydrogen (secondary N) is 3. The van der Waals surface area contributed by atoms with E-state index in [2.05, 4.69) is 30.9 Å². The minimum atomic E-state index is -0.205. The van der Waals surface area contributed by atoms with Gasteiger partial charge in [0.25, 0.3) is 0 Å². The molecule has 0 saturated heterocycles. The van der Waals surface area contributed by atoms with Crippen LogP contribution < -0.4 is 16.0 Å². The molecule has 0 bridgehead atoms. The van der Waals surface area contributed by atoms with Crippen molar-refractivity contribution in [3.8, 4) is 10.7 Å². The Morgan fingerprint density at radius 3 is 2.68 bits per heavy atom. The van der Waals surface area contributed by atoms with Crippen molar-refractivity contribution in [2.24, 2.45) is 0 Å². The third kappa shape index (κ3) is 4.44. The van der Waals surface area contributed by atoms with Gasteiger partial charge in [-0.2, -0.15) is 0 Å². The van der Waals surface area contributed by atoms with E-state index >= 15 is 0 Å². The number of nitrogens with zero attached hydrogens (tertiary/aromatic N) is 3. The summed E-state index contributed by atoms with van der Waals surface area (Å²) in [4.78, 5) is 25.4. The SMILES string of the molecule is O=C(NCCNc1nc(-c2nccs2)c2sccc2n1)NCc1ccccc1. The number of anilines is 1. The summed E-state index contributed by atoms with van der Waals surface area (Å²) in [7, 11) is 0. The number of aromatic nitrogens is 3. The van der Waals surface area contributed by atoms with Gasteiger partial charge in [-0.3, -0.25) is 0 Å². The molecule has 0 aliphatic carbocycles. The van der Waals surface area contributed by atoms with Crippen LogP contribution in [0.4, 0.5) is 10.7 Å². The number of hydrogen-bond acceptors (Lipinski definition) is 7. The number of fused-ring (bicyclic) bond motifs is 1. The highest BCUT2D eigenvalue weighted by molar-refractivity contribution is 7.18. The van der Waals surface area contributed by atoms with Crippen LogP contribution in [0.5, 0.6) is 0 Å². The summed E-state index contributed by atoms with van der Waals surface area (Å²) in [6, 6.07) is 11.6. The molecule has 9 heteroatoms. The highest BCUT2D eigenvalue weighted by Crippen LogP contribution is 2.32. The fourth-order valence-electron chi connectivity index (χ4n) is 2.62. The van der Waals surface area contributed by atoms with Crippen molar-refractivity contribution in [3.05, 3.63) is 58.9 Å². The Labute approximate surface area is 169 Å². The van der Waals surface area contributed by atoms with Crippen molar-refractivity contribution in [1.82, 2.24) is 25.6 Å². The Morgan fingerprint density at radius 2 is 1.86 bits per heavy atom. The second-order valence-corrected chi connectivity index (χ2v) is 7.70. The van der Waals surface area contributed by atoms with Crippen molar-refractivity contribution >= 4 is 44.9 Å². The number of carbonyl (C=O) groups is 1. The third-order valence-electron chi connectivity index (χ3n) is 3.93. The lowest BCUT2D eigenvalue weighted by Gasteiger charge is -2.09. The summed E-state index contributed by atoms with van der Waals surface area (Å²) in [5.74, 6) is 0.530. The number of thiazole rings is 1. The van der Waals surface area contributed by atoms with Crippen LogP contribution in [0.1, 0.15) is 5.56 Å². The second-order valence-electron chi connectivity index (χ2n) is 5.89. The number of urea groups is 1. The molecule has 0 aliphatic rings. The number of thiophene rings is 1. The maximum Gasteiger partial charge on any atom is 0.315 e. The van der Waals surface area contributed by atoms with Gasteiger partial charge in [-0.15, -0.1) is 22.7 Å². The van der Waals surface area contributed by atoms with Gasteiger partial charge in [-0.05, 0) is 17.0 Å². The monoisotopic (exact) mass is 410 g/mol. The van der Waals surface area contributed by atoms with Crippen LogP contribution in [0, 0.1) is 0 Å². The average molecular weight is 411 g/mol. The van der Waals surface area contributed by atoms with E-state index < -0.39 is 0 Å². The Morgan fingerprint density at radius 1 is 0.964 bits per heavy atom. The van der Waals surface area contributed by atoms with Crippen LogP contribution >= 0.6 is 22.7 Å². The molecule has 0 spiro atoms. The zero-order chi connectivity index (χ0) is 19.2. The Balaban J connectivity index is 1.30. The largest absolute Gasteiger partial charge is 0.352 e. The molecule has 4 rings (SSSR count). The van der Waals surface area contributed by atoms with E-state index in [-0.39, 0.29) is 6.03 Å². The average Bonchev–Trinajstić information content (AvgIpc) is 3.41. The van der Waals surface area contributed by atoms with Crippen LogP contribution in [0.2, 0.25) is 0 Å². The first-order valence-electron chi connectivity index (χ1n) is 8.74. The van der Waals surface area contributed by atoms with E-state index in [1.165, 1.54) is 0 Å². The quantitative estimate of drug-likeness (QED) is 0.404. The molecule has 4 aromatic rings. The Hall–Kier alpha value is -3.04. The highest BCUT2D eigenvalue weighted by Gasteiger charge is 2.13. The molecule has 2 amide bonds. The van der Waals surface area contributed by atoms with Crippen molar-refractivity contribution in [1.29, 1.82) is 0 Å². The summed E-state index contributed by atoms with van der Waals surface area (Å²) in [6.07, 6.45) is 1.77. The summed E-state index contributed by atoms with van der Waals surface area (Å²) < 4.78 is 1.03. The third-order valence-corrected chi connectivity index (χ3v) is 5.62. The van der Waals surface area contributed by atoms with Gasteiger partial charge in [0.1, 0.15) is 10.7 Å². The smallest absolute Gasteiger partial charge is 0.315 e. The van der Waals surface area contributed by atoms with E-state index in [4.69, 9.17) is 0 Å². The van der Waals surface area contributed by atoms with Gasteiger partial charge in [0.05, 0.1) is 10.2 Å². The molecule has 1 aromatic carbocycles. The van der Waals surface area contributed by atoms with Crippen LogP contribution in [0.25, 0.3) is 20.9 Å². The van der Waals surface area contributed by atoms with Gasteiger partial charge in [0, 0.05) is 31.2 Å². The van der Waals surface area contributed by atoms with Gasteiger partial charge in [-0.1, -0.05) is 30.3 Å². The first-order chi connectivity index (χ1) is 13.8. The zero-order valence-electron chi connectivity index (χ0n) is 14.9. The van der Waals surface area contributed by atoms with Crippen molar-refractivity contribution < 1.29 is 4.79 Å². The molecule has 0 radical (unpaired) electrons. The van der Waals surface area contributed by atoms with Gasteiger partial charge in [0.2, 0.25) is 5.95 Å². The minimum Gasteiger partial charge on any atom is -0.352 e. The standard InChI is InChI=1S/C19H18N6OS2/c26-19(23-12-13-4-2-1-3-5-13)22-8-7-21-18-24-14-6-10-27-16(14)15(25-18)17-20-9-11-28-17/h1-6,9-11H,7-8,12H2,(H,21,24,25)(H2,22,23,26). The van der Waals surface area contributed by atoms with Crippen LogP contribution in [-0.4, -0.2) is 34.1 Å². The molecule has 0 aliphatic heterocycles. The topological polar surface area (TPSA) is 91.8 Å². The van der Waals surface area contributed by atoms with Crippen molar-refractivity contribution in [2.75, 3.05) is 18.4 Å². The molecule has 3 N–H and O–H groups in total. The zero-order valence-corrected chi connectivity index (χ0v) is 16.5. The molecule has 3 heterocycles. The summed E-state index contributed by atoms with van der Waals surface area (Å²) in [5, 5.41) is 13.6. The molecule has 0 fully saturated rings. The predicted molar refractivity (Wildman–Crippen MR) is 114 cm³/mol. The molecule has 28 heavy (non-hydrogen) atoms. The molecule has 7 nitrogen and oxygen atoms in total. The Bertz CT molecular complexity index is 1050. The lowest BCUT2D eigenvalue weighted by atomic mass is 10.2. The normalized spacial score (nSPS) is 10.7. The molecule has 0 atom stereocenters. The van der Waals surface area contributed by atoms with Gasteiger partial charge >= 0.3 is 6.03 Å². The van der Waals surface area contributed by atoms with E-state index in [9.17, 15) is 4.79 Å². The molecule has 142 valence electrons. The fraction of sp³-hybridized carbons (Fsp3) is 0.158. The fourth-order valence-corrected chi connectivity index (χ4v) is 4.14. The van der Waals surface area contributed by atoms with Gasteiger partial charge in [0.15, 0.2) is 0 Å². The summed E-state index contributed by atoms with van der Waals surface area (Å²) in [5.41, 5.74) is 2.79. The molecular weight excluding hydrogens is 392 g/mol. The van der Waals surface area contributed by atoms with Crippen LogP contribution in [-0.2, 0) is 6.54 Å². The molecule has 0 saturated carbocycles. The Kier molecular flexibility index (Phi) is 5.74. The second kappa shape index (κ2) is 8.77. The van der Waals surface area contributed by atoms with E-state index in [0.717, 1.165) is 26.5 Å². The van der Waals surface area contributed by atoms with Crippen LogP contribution in [0.15, 0.2) is 53.4 Å². The van der Waals surface area contributed by atoms with Crippen LogP contribution in [0.3, 0.4) is 0 Å². The maximum atomic E-state index is 11.9. The van der Waals surface area contributed by atoms with E-state index in [1.54, 1.807) is 28.9 Å². The first-order valence-corrected chi connectivity index (χ1v) is 10.5. The minimum absolute atomic E-state index is 0.205. The molecule has 3 aromatic heterocycles. The van der Waals surface area contributed by atoms with Crippen molar-refractivity contribution in [3.63, 3.8) is 0 Å². The van der Waals surface area contributed by atoms with Gasteiger partial charge < -0.3 is 16.0 Å². The lowest BCUT2D eigenvalue weighted by Crippen LogP contribution is -2.37. The lowest BCUT2D eigenvalue weighted by molar-refractivity contribution is 0.241. The maximum absolute atomic E-state index is 11.9. The number of rotatable bonds is 7. The van der Waals surface area contributed by atoms with E-state index in [1.807, 2.05) is 47.2 Å². The number of carbonyl (C=O) groups excluding carboxylic acids is 1. The first kappa shape index (κ1) is 18.3. The number of hydrogen-bond donors (Lipinski definition) is 3. The summed E-state index contributed by atoms with van der Waals surface area (Å²) >= 11 is 3.16. The van der Waals surface area contributed by atoms with Gasteiger partial charge in [-0.25, -0.2) is 19.7 Å². The number of benzene rings is 1.